The molecule has 1 aromatic carbocycles. The minimum atomic E-state index is -3.89. The van der Waals surface area contributed by atoms with E-state index in [0.717, 1.165) is 6.54 Å². The summed E-state index contributed by atoms with van der Waals surface area (Å²) in [5.41, 5.74) is 0.0352. The van der Waals surface area contributed by atoms with E-state index in [-0.39, 0.29) is 16.6 Å². The Bertz CT molecular complexity index is 639. The van der Waals surface area contributed by atoms with Gasteiger partial charge in [-0.2, -0.15) is 4.31 Å². The SMILES string of the molecule is CCN(C1CCNC1)S(=O)(=O)c1c(C)cccc1[N+](=O)[O-]. The van der Waals surface area contributed by atoms with Crippen LogP contribution in [-0.4, -0.2) is 43.3 Å². The molecular weight excluding hydrogens is 294 g/mol. The van der Waals surface area contributed by atoms with Crippen LogP contribution in [0.25, 0.3) is 0 Å². The largest absolute Gasteiger partial charge is 0.315 e. The van der Waals surface area contributed by atoms with E-state index in [1.165, 1.54) is 16.4 Å². The number of benzene rings is 1. The molecule has 2 rings (SSSR count). The average Bonchev–Trinajstić information content (AvgIpc) is 2.92. The lowest BCUT2D eigenvalue weighted by atomic mass is 10.2. The highest BCUT2D eigenvalue weighted by atomic mass is 32.2. The van der Waals surface area contributed by atoms with Gasteiger partial charge in [0.15, 0.2) is 4.90 Å². The molecule has 0 aliphatic carbocycles. The minimum Gasteiger partial charge on any atom is -0.315 e. The van der Waals surface area contributed by atoms with Gasteiger partial charge in [-0.3, -0.25) is 10.1 Å². The summed E-state index contributed by atoms with van der Waals surface area (Å²) >= 11 is 0. The van der Waals surface area contributed by atoms with Crippen molar-refractivity contribution >= 4 is 15.7 Å². The van der Waals surface area contributed by atoms with Gasteiger partial charge in [0.2, 0.25) is 10.0 Å². The van der Waals surface area contributed by atoms with Gasteiger partial charge in [-0.05, 0) is 25.5 Å². The van der Waals surface area contributed by atoms with Crippen molar-refractivity contribution in [3.8, 4) is 0 Å². The first-order valence-corrected chi connectivity index (χ1v) is 8.30. The molecule has 0 amide bonds. The fourth-order valence-corrected chi connectivity index (χ4v) is 4.77. The molecule has 1 atom stereocenters. The molecule has 0 radical (unpaired) electrons. The van der Waals surface area contributed by atoms with Crippen molar-refractivity contribution in [2.24, 2.45) is 0 Å². The van der Waals surface area contributed by atoms with Gasteiger partial charge in [0, 0.05) is 25.2 Å². The summed E-state index contributed by atoms with van der Waals surface area (Å²) in [7, 11) is -3.89. The fourth-order valence-electron chi connectivity index (χ4n) is 2.74. The van der Waals surface area contributed by atoms with E-state index in [1.54, 1.807) is 19.9 Å². The number of nitro benzene ring substituents is 1. The van der Waals surface area contributed by atoms with Crippen LogP contribution in [0.5, 0.6) is 0 Å². The van der Waals surface area contributed by atoms with E-state index >= 15 is 0 Å². The summed E-state index contributed by atoms with van der Waals surface area (Å²) in [6.07, 6.45) is 0.715. The Hall–Kier alpha value is -1.51. The average molecular weight is 313 g/mol. The van der Waals surface area contributed by atoms with E-state index in [2.05, 4.69) is 5.32 Å². The Labute approximate surface area is 124 Å². The smallest absolute Gasteiger partial charge is 0.289 e. The van der Waals surface area contributed by atoms with Gasteiger partial charge < -0.3 is 5.32 Å². The molecule has 0 aromatic heterocycles. The quantitative estimate of drug-likeness (QED) is 0.653. The highest BCUT2D eigenvalue weighted by Crippen LogP contribution is 2.31. The van der Waals surface area contributed by atoms with Crippen molar-refractivity contribution in [2.75, 3.05) is 19.6 Å². The van der Waals surface area contributed by atoms with E-state index < -0.39 is 14.9 Å². The summed E-state index contributed by atoms with van der Waals surface area (Å²) < 4.78 is 27.1. The number of nitrogens with one attached hydrogen (secondary N) is 1. The summed E-state index contributed by atoms with van der Waals surface area (Å²) in [5.74, 6) is 0. The molecule has 1 heterocycles. The van der Waals surface area contributed by atoms with Gasteiger partial charge in [0.05, 0.1) is 4.92 Å². The van der Waals surface area contributed by atoms with Gasteiger partial charge in [0.25, 0.3) is 5.69 Å². The van der Waals surface area contributed by atoms with Crippen LogP contribution < -0.4 is 5.32 Å². The highest BCUT2D eigenvalue weighted by Gasteiger charge is 2.37. The third kappa shape index (κ3) is 2.92. The van der Waals surface area contributed by atoms with Crippen LogP contribution in [0.4, 0.5) is 5.69 Å². The molecule has 1 saturated heterocycles. The Morgan fingerprint density at radius 1 is 1.48 bits per heavy atom. The number of hydrogen-bond donors (Lipinski definition) is 1. The zero-order valence-electron chi connectivity index (χ0n) is 12.1. The van der Waals surface area contributed by atoms with Crippen molar-refractivity contribution in [3.63, 3.8) is 0 Å². The number of hydrogen-bond acceptors (Lipinski definition) is 5. The van der Waals surface area contributed by atoms with Crippen LogP contribution in [0, 0.1) is 17.0 Å². The topological polar surface area (TPSA) is 92.6 Å². The second-order valence-corrected chi connectivity index (χ2v) is 6.86. The molecular formula is C13H19N3O4S. The monoisotopic (exact) mass is 313 g/mol. The highest BCUT2D eigenvalue weighted by molar-refractivity contribution is 7.89. The normalized spacial score (nSPS) is 19.1. The zero-order valence-corrected chi connectivity index (χ0v) is 12.9. The number of aryl methyl sites for hydroxylation is 1. The fraction of sp³-hybridized carbons (Fsp3) is 0.538. The summed E-state index contributed by atoms with van der Waals surface area (Å²) in [6.45, 7) is 4.96. The maximum atomic E-state index is 12.9. The van der Waals surface area contributed by atoms with Gasteiger partial charge in [0.1, 0.15) is 0 Å². The third-order valence-corrected chi connectivity index (χ3v) is 5.93. The first-order valence-electron chi connectivity index (χ1n) is 6.86. The second-order valence-electron chi connectivity index (χ2n) is 5.04. The van der Waals surface area contributed by atoms with Gasteiger partial charge in [-0.15, -0.1) is 0 Å². The first-order chi connectivity index (χ1) is 9.89. The zero-order chi connectivity index (χ0) is 15.6. The van der Waals surface area contributed by atoms with Gasteiger partial charge in [-0.1, -0.05) is 19.1 Å². The van der Waals surface area contributed by atoms with Crippen LogP contribution in [0.15, 0.2) is 23.1 Å². The van der Waals surface area contributed by atoms with Crippen LogP contribution in [0.1, 0.15) is 18.9 Å². The molecule has 1 aliphatic heterocycles. The van der Waals surface area contributed by atoms with Crippen molar-refractivity contribution in [2.45, 2.75) is 31.2 Å². The molecule has 0 bridgehead atoms. The molecule has 8 heteroatoms. The van der Waals surface area contributed by atoms with Crippen molar-refractivity contribution < 1.29 is 13.3 Å². The molecule has 0 saturated carbocycles. The molecule has 7 nitrogen and oxygen atoms in total. The van der Waals surface area contributed by atoms with Crippen molar-refractivity contribution in [1.82, 2.24) is 9.62 Å². The summed E-state index contributed by atoms with van der Waals surface area (Å²) in [5, 5.41) is 14.3. The minimum absolute atomic E-state index is 0.154. The van der Waals surface area contributed by atoms with Gasteiger partial charge >= 0.3 is 0 Å². The Morgan fingerprint density at radius 2 is 2.19 bits per heavy atom. The number of nitrogens with zero attached hydrogens (tertiary/aromatic N) is 2. The molecule has 1 aliphatic rings. The molecule has 1 N–H and O–H groups in total. The number of likely N-dealkylation sites (N-methyl/N-ethyl adjacent to an activating group) is 1. The van der Waals surface area contributed by atoms with Crippen LogP contribution >= 0.6 is 0 Å². The van der Waals surface area contributed by atoms with Crippen molar-refractivity contribution in [3.05, 3.63) is 33.9 Å². The van der Waals surface area contributed by atoms with Crippen LogP contribution in [-0.2, 0) is 10.0 Å². The summed E-state index contributed by atoms with van der Waals surface area (Å²) in [6, 6.07) is 4.17. The third-order valence-electron chi connectivity index (χ3n) is 3.71. The molecule has 1 aromatic rings. The molecule has 0 spiro atoms. The Balaban J connectivity index is 2.55. The second kappa shape index (κ2) is 6.08. The molecule has 1 unspecified atom stereocenters. The van der Waals surface area contributed by atoms with E-state index in [4.69, 9.17) is 0 Å². The lowest BCUT2D eigenvalue weighted by Crippen LogP contribution is -2.41. The molecule has 1 fully saturated rings. The van der Waals surface area contributed by atoms with E-state index in [9.17, 15) is 18.5 Å². The predicted molar refractivity (Wildman–Crippen MR) is 78.7 cm³/mol. The lowest BCUT2D eigenvalue weighted by molar-refractivity contribution is -0.387. The Kier molecular flexibility index (Phi) is 4.60. The lowest BCUT2D eigenvalue weighted by Gasteiger charge is -2.26. The first kappa shape index (κ1) is 15.9. The maximum absolute atomic E-state index is 12.9. The van der Waals surface area contributed by atoms with E-state index in [0.29, 0.717) is 25.1 Å². The summed E-state index contributed by atoms with van der Waals surface area (Å²) in [4.78, 5) is 10.3. The number of sulfonamides is 1. The Morgan fingerprint density at radius 3 is 2.71 bits per heavy atom. The molecule has 116 valence electrons. The molecule has 21 heavy (non-hydrogen) atoms. The van der Waals surface area contributed by atoms with Crippen LogP contribution in [0.2, 0.25) is 0 Å². The van der Waals surface area contributed by atoms with Crippen LogP contribution in [0.3, 0.4) is 0 Å². The standard InChI is InChI=1S/C13H19N3O4S/c1-3-15(11-7-8-14-9-11)21(19,20)13-10(2)5-4-6-12(13)16(17)18/h4-6,11,14H,3,7-9H2,1-2H3. The maximum Gasteiger partial charge on any atom is 0.289 e. The predicted octanol–water partition coefficient (Wildman–Crippen LogP) is 1.28. The number of rotatable bonds is 5. The van der Waals surface area contributed by atoms with Gasteiger partial charge in [-0.25, -0.2) is 8.42 Å². The number of nitro groups is 1. The van der Waals surface area contributed by atoms with E-state index in [1.807, 2.05) is 0 Å². The van der Waals surface area contributed by atoms with Crippen molar-refractivity contribution in [1.29, 1.82) is 0 Å².